The third-order valence-electron chi connectivity index (χ3n) is 4.37. The van der Waals surface area contributed by atoms with Crippen LogP contribution in [-0.4, -0.2) is 39.0 Å². The molecular weight excluding hydrogens is 443 g/mol. The van der Waals surface area contributed by atoms with Gasteiger partial charge in [-0.25, -0.2) is 14.2 Å². The number of aryl methyl sites for hydroxylation is 1. The molecule has 1 heterocycles. The topological polar surface area (TPSA) is 100 Å². The van der Waals surface area contributed by atoms with Crippen molar-refractivity contribution >= 4 is 37.8 Å². The largest absolute Gasteiger partial charge is 0.479 e. The molecule has 7 nitrogen and oxygen atoms in total. The number of hydrogen-bond acceptors (Lipinski definition) is 7. The summed E-state index contributed by atoms with van der Waals surface area (Å²) in [6.07, 6.45) is -2.31. The maximum absolute atomic E-state index is 13.0. The normalized spacial score (nSPS) is 12.8. The fraction of sp³-hybridized carbons (Fsp3) is 0.286. The van der Waals surface area contributed by atoms with Crippen LogP contribution in [0.25, 0.3) is 10.9 Å². The first-order valence-electron chi connectivity index (χ1n) is 9.34. The Morgan fingerprint density at radius 1 is 1.22 bits per heavy atom. The molecule has 0 radical (unpaired) electrons. The second-order valence-corrected chi connectivity index (χ2v) is 9.95. The Kier molecular flexibility index (Phi) is 6.27. The summed E-state index contributed by atoms with van der Waals surface area (Å²) >= 11 is 0. The molecule has 0 spiro atoms. The highest BCUT2D eigenvalue weighted by atomic mass is 32.2. The van der Waals surface area contributed by atoms with Crippen molar-refractivity contribution in [3.05, 3.63) is 47.8 Å². The zero-order valence-corrected chi connectivity index (χ0v) is 18.5. The number of nitrogens with zero attached hydrogens (tertiary/aromatic N) is 4. The van der Waals surface area contributed by atoms with Crippen molar-refractivity contribution in [2.75, 3.05) is 17.8 Å². The zero-order valence-electron chi connectivity index (χ0n) is 17.7. The summed E-state index contributed by atoms with van der Waals surface area (Å²) in [7, 11) is -2.38. The molecule has 32 heavy (non-hydrogen) atoms. The van der Waals surface area contributed by atoms with E-state index in [0.29, 0.717) is 22.4 Å². The van der Waals surface area contributed by atoms with E-state index in [2.05, 4.69) is 19.6 Å². The summed E-state index contributed by atoms with van der Waals surface area (Å²) in [5, 5.41) is 12.7. The van der Waals surface area contributed by atoms with Gasteiger partial charge in [-0.15, -0.1) is 0 Å². The van der Waals surface area contributed by atoms with E-state index in [0.717, 1.165) is 12.5 Å². The van der Waals surface area contributed by atoms with E-state index in [1.54, 1.807) is 19.1 Å². The molecule has 0 aliphatic heterocycles. The molecule has 0 amide bonds. The molecule has 168 valence electrons. The maximum Gasteiger partial charge on any atom is 0.425 e. The first-order valence-corrected chi connectivity index (χ1v) is 11.7. The first kappa shape index (κ1) is 23.3. The zero-order chi connectivity index (χ0) is 23.7. The van der Waals surface area contributed by atoms with Crippen molar-refractivity contribution in [3.63, 3.8) is 0 Å². The molecule has 0 fully saturated rings. The summed E-state index contributed by atoms with van der Waals surface area (Å²) in [5.74, 6) is 0.198. The Morgan fingerprint density at radius 3 is 2.56 bits per heavy atom. The van der Waals surface area contributed by atoms with Crippen LogP contribution in [0.3, 0.4) is 0 Å². The maximum atomic E-state index is 13.0. The van der Waals surface area contributed by atoms with Gasteiger partial charge in [0.05, 0.1) is 28.5 Å². The number of hydrogen-bond donors (Lipinski definition) is 1. The predicted octanol–water partition coefficient (Wildman–Crippen LogP) is 5.24. The highest BCUT2D eigenvalue weighted by Gasteiger charge is 2.38. The number of benzene rings is 2. The molecule has 1 unspecified atom stereocenters. The average molecular weight is 463 g/mol. The Hall–Kier alpha value is -3.39. The van der Waals surface area contributed by atoms with Crippen LogP contribution in [0.2, 0.25) is 0 Å². The van der Waals surface area contributed by atoms with Crippen molar-refractivity contribution < 1.29 is 22.1 Å². The molecule has 0 bridgehead atoms. The van der Waals surface area contributed by atoms with Crippen molar-refractivity contribution in [1.82, 2.24) is 9.97 Å². The van der Waals surface area contributed by atoms with Gasteiger partial charge in [0.15, 0.2) is 6.10 Å². The standard InChI is InChI=1S/C21H20F3N5O2S/c1-12-7-15(29-32(3,4)30)9-17-19(12)20(27-11-26-17)28-16-6-5-14(10-25)8-18(16)31-13(2)21(22,23)24/h5-9,11,13H,1-4H3,(H,26,27,28). The van der Waals surface area contributed by atoms with Crippen LogP contribution in [0, 0.1) is 18.3 Å². The summed E-state index contributed by atoms with van der Waals surface area (Å²) < 4.78 is 60.4. The second-order valence-electron chi connectivity index (χ2n) is 7.40. The van der Waals surface area contributed by atoms with Crippen LogP contribution in [0.5, 0.6) is 5.75 Å². The number of aromatic nitrogens is 2. The molecule has 1 atom stereocenters. The monoisotopic (exact) mass is 463 g/mol. The average Bonchev–Trinajstić information content (AvgIpc) is 2.67. The number of alkyl halides is 3. The molecule has 1 aromatic heterocycles. The summed E-state index contributed by atoms with van der Waals surface area (Å²) in [6, 6.07) is 9.41. The van der Waals surface area contributed by atoms with Gasteiger partial charge in [-0.3, -0.25) is 0 Å². The van der Waals surface area contributed by atoms with Crippen molar-refractivity contribution in [3.8, 4) is 11.8 Å². The van der Waals surface area contributed by atoms with Crippen LogP contribution in [0.4, 0.5) is 30.4 Å². The highest BCUT2D eigenvalue weighted by molar-refractivity contribution is 7.92. The molecule has 3 aromatic rings. The Labute approximate surface area is 183 Å². The minimum atomic E-state index is -4.57. The number of fused-ring (bicyclic) bond motifs is 1. The van der Waals surface area contributed by atoms with Gasteiger partial charge in [0.1, 0.15) is 17.9 Å². The lowest BCUT2D eigenvalue weighted by molar-refractivity contribution is -0.189. The SMILES string of the molecule is Cc1cc(N=S(C)(C)=O)cc2ncnc(Nc3ccc(C#N)cc3OC(C)C(F)(F)F)c12. The van der Waals surface area contributed by atoms with Gasteiger partial charge in [-0.05, 0) is 43.7 Å². The van der Waals surface area contributed by atoms with E-state index in [1.807, 2.05) is 6.07 Å². The Balaban J connectivity index is 2.08. The number of nitriles is 1. The van der Waals surface area contributed by atoms with E-state index in [-0.39, 0.29) is 17.0 Å². The lowest BCUT2D eigenvalue weighted by Crippen LogP contribution is -2.31. The second kappa shape index (κ2) is 8.63. The fourth-order valence-corrected chi connectivity index (χ4v) is 3.57. The lowest BCUT2D eigenvalue weighted by Gasteiger charge is -2.20. The fourth-order valence-electron chi connectivity index (χ4n) is 2.95. The first-order chi connectivity index (χ1) is 14.9. The molecular formula is C21H20F3N5O2S. The third kappa shape index (κ3) is 5.45. The van der Waals surface area contributed by atoms with Gasteiger partial charge < -0.3 is 10.1 Å². The van der Waals surface area contributed by atoms with Crippen LogP contribution in [0.15, 0.2) is 41.0 Å². The van der Waals surface area contributed by atoms with E-state index < -0.39 is 22.0 Å². The van der Waals surface area contributed by atoms with Gasteiger partial charge in [0.25, 0.3) is 0 Å². The Morgan fingerprint density at radius 2 is 1.94 bits per heavy atom. The molecule has 1 N–H and O–H groups in total. The molecule has 0 aliphatic rings. The lowest BCUT2D eigenvalue weighted by atomic mass is 10.1. The minimum Gasteiger partial charge on any atom is -0.479 e. The molecule has 0 saturated carbocycles. The smallest absolute Gasteiger partial charge is 0.425 e. The number of ether oxygens (including phenoxy) is 1. The summed E-state index contributed by atoms with van der Waals surface area (Å²) in [4.78, 5) is 8.47. The van der Waals surface area contributed by atoms with E-state index in [1.165, 1.54) is 37.0 Å². The highest BCUT2D eigenvalue weighted by Crippen LogP contribution is 2.35. The summed E-state index contributed by atoms with van der Waals surface area (Å²) in [6.45, 7) is 2.68. The summed E-state index contributed by atoms with van der Waals surface area (Å²) in [5.41, 5.74) is 2.10. The van der Waals surface area contributed by atoms with Gasteiger partial charge in [0.2, 0.25) is 0 Å². The predicted molar refractivity (Wildman–Crippen MR) is 117 cm³/mol. The van der Waals surface area contributed by atoms with Crippen LogP contribution < -0.4 is 10.1 Å². The molecule has 11 heteroatoms. The van der Waals surface area contributed by atoms with E-state index in [4.69, 9.17) is 10.00 Å². The third-order valence-corrected chi connectivity index (χ3v) is 5.02. The quantitative estimate of drug-likeness (QED) is 0.555. The number of nitrogens with one attached hydrogen (secondary N) is 1. The van der Waals surface area contributed by atoms with Gasteiger partial charge in [-0.1, -0.05) is 0 Å². The minimum absolute atomic E-state index is 0.137. The van der Waals surface area contributed by atoms with Crippen LogP contribution >= 0.6 is 0 Å². The molecule has 2 aromatic carbocycles. The number of rotatable bonds is 5. The van der Waals surface area contributed by atoms with Gasteiger partial charge >= 0.3 is 6.18 Å². The van der Waals surface area contributed by atoms with Crippen LogP contribution in [0.1, 0.15) is 18.1 Å². The van der Waals surface area contributed by atoms with E-state index >= 15 is 0 Å². The van der Waals surface area contributed by atoms with Crippen molar-refractivity contribution in [1.29, 1.82) is 5.26 Å². The number of halogens is 3. The van der Waals surface area contributed by atoms with Gasteiger partial charge in [-0.2, -0.15) is 22.8 Å². The molecule has 0 saturated heterocycles. The number of anilines is 2. The van der Waals surface area contributed by atoms with Crippen molar-refractivity contribution in [2.45, 2.75) is 26.1 Å². The molecule has 0 aliphatic carbocycles. The van der Waals surface area contributed by atoms with Gasteiger partial charge in [0, 0.05) is 33.7 Å². The van der Waals surface area contributed by atoms with Crippen LogP contribution in [-0.2, 0) is 9.73 Å². The molecule has 3 rings (SSSR count). The Bertz CT molecular complexity index is 1330. The van der Waals surface area contributed by atoms with E-state index in [9.17, 15) is 17.4 Å². The van der Waals surface area contributed by atoms with Crippen molar-refractivity contribution in [2.24, 2.45) is 4.36 Å².